The Hall–Kier alpha value is -0.910. The summed E-state index contributed by atoms with van der Waals surface area (Å²) in [7, 11) is -3.07. The molecule has 0 aliphatic heterocycles. The minimum Gasteiger partial charge on any atom is -0.300 e. The Labute approximate surface area is 88.9 Å². The average Bonchev–Trinajstić information content (AvgIpc) is 3.02. The Bertz CT molecular complexity index is 434. The number of benzene rings is 1. The molecule has 0 bridgehead atoms. The van der Waals surface area contributed by atoms with Gasteiger partial charge in [0.1, 0.15) is 0 Å². The molecule has 0 heterocycles. The Balaban J connectivity index is 2.23. The van der Waals surface area contributed by atoms with E-state index in [4.69, 9.17) is 5.90 Å². The van der Waals surface area contributed by atoms with Crippen molar-refractivity contribution in [3.05, 3.63) is 29.8 Å². The van der Waals surface area contributed by atoms with Gasteiger partial charge in [0.25, 0.3) is 0 Å². The highest BCUT2D eigenvalue weighted by Crippen LogP contribution is 2.33. The van der Waals surface area contributed by atoms with Crippen molar-refractivity contribution in [1.82, 2.24) is 0 Å². The molecule has 0 unspecified atom stereocenters. The molecule has 5 heteroatoms. The maximum Gasteiger partial charge on any atom is 0.181 e. The van der Waals surface area contributed by atoms with Gasteiger partial charge in [0.2, 0.25) is 0 Å². The summed E-state index contributed by atoms with van der Waals surface area (Å²) in [5, 5.41) is -0.158. The van der Waals surface area contributed by atoms with Gasteiger partial charge in [-0.3, -0.25) is 4.84 Å². The topological polar surface area (TPSA) is 69.4 Å². The van der Waals surface area contributed by atoms with Crippen molar-refractivity contribution in [3.8, 4) is 0 Å². The zero-order valence-electron chi connectivity index (χ0n) is 8.22. The van der Waals surface area contributed by atoms with E-state index in [1.54, 1.807) is 24.3 Å². The van der Waals surface area contributed by atoms with Crippen molar-refractivity contribution >= 4 is 9.84 Å². The third-order valence-corrected chi connectivity index (χ3v) is 4.74. The average molecular weight is 227 g/mol. The molecule has 1 aromatic carbocycles. The van der Waals surface area contributed by atoms with Crippen molar-refractivity contribution in [2.75, 3.05) is 0 Å². The summed E-state index contributed by atoms with van der Waals surface area (Å²) < 4.78 is 23.6. The normalized spacial score (nSPS) is 16.6. The summed E-state index contributed by atoms with van der Waals surface area (Å²) in [6.45, 7) is 0.295. The molecule has 82 valence electrons. The van der Waals surface area contributed by atoms with Crippen LogP contribution in [0.15, 0.2) is 29.2 Å². The standard InChI is InChI=1S/C10H13NO3S/c11-14-7-8-1-3-9(4-2-8)15(12,13)10-5-6-10/h1-4,10H,5-7,11H2. The van der Waals surface area contributed by atoms with Gasteiger partial charge >= 0.3 is 0 Å². The summed E-state index contributed by atoms with van der Waals surface area (Å²) in [5.41, 5.74) is 0.868. The van der Waals surface area contributed by atoms with E-state index >= 15 is 0 Å². The fourth-order valence-corrected chi connectivity index (χ4v) is 3.10. The first-order chi connectivity index (χ1) is 7.14. The van der Waals surface area contributed by atoms with E-state index in [-0.39, 0.29) is 5.25 Å². The van der Waals surface area contributed by atoms with Crippen molar-refractivity contribution in [1.29, 1.82) is 0 Å². The van der Waals surface area contributed by atoms with Gasteiger partial charge in [-0.2, -0.15) is 0 Å². The highest BCUT2D eigenvalue weighted by molar-refractivity contribution is 7.92. The van der Waals surface area contributed by atoms with Crippen molar-refractivity contribution in [2.24, 2.45) is 5.90 Å². The number of hydrogen-bond acceptors (Lipinski definition) is 4. The van der Waals surface area contributed by atoms with Crippen molar-refractivity contribution in [2.45, 2.75) is 29.6 Å². The summed E-state index contributed by atoms with van der Waals surface area (Å²) >= 11 is 0. The molecular weight excluding hydrogens is 214 g/mol. The van der Waals surface area contributed by atoms with E-state index in [1.165, 1.54) is 0 Å². The molecule has 1 aliphatic rings. The molecule has 15 heavy (non-hydrogen) atoms. The van der Waals surface area contributed by atoms with Crippen LogP contribution in [-0.4, -0.2) is 13.7 Å². The summed E-state index contributed by atoms with van der Waals surface area (Å²) in [5.74, 6) is 4.92. The van der Waals surface area contributed by atoms with E-state index in [1.807, 2.05) is 0 Å². The minimum atomic E-state index is -3.07. The number of nitrogens with two attached hydrogens (primary N) is 1. The van der Waals surface area contributed by atoms with Crippen LogP contribution in [0.4, 0.5) is 0 Å². The minimum absolute atomic E-state index is 0.158. The Morgan fingerprint density at radius 3 is 2.33 bits per heavy atom. The SMILES string of the molecule is NOCc1ccc(S(=O)(=O)C2CC2)cc1. The van der Waals surface area contributed by atoms with Crippen LogP contribution >= 0.6 is 0 Å². The molecule has 0 amide bonds. The van der Waals surface area contributed by atoms with Crippen LogP contribution in [0.2, 0.25) is 0 Å². The monoisotopic (exact) mass is 227 g/mol. The van der Waals surface area contributed by atoms with Crippen LogP contribution in [0, 0.1) is 0 Å². The van der Waals surface area contributed by atoms with E-state index in [0.717, 1.165) is 18.4 Å². The molecule has 0 saturated heterocycles. The van der Waals surface area contributed by atoms with Crippen molar-refractivity contribution < 1.29 is 13.3 Å². The molecule has 2 N–H and O–H groups in total. The molecule has 2 rings (SSSR count). The lowest BCUT2D eigenvalue weighted by molar-refractivity contribution is 0.124. The quantitative estimate of drug-likeness (QED) is 0.779. The molecule has 1 fully saturated rings. The maximum absolute atomic E-state index is 11.8. The van der Waals surface area contributed by atoms with E-state index in [0.29, 0.717) is 11.5 Å². The van der Waals surface area contributed by atoms with E-state index in [9.17, 15) is 8.42 Å². The van der Waals surface area contributed by atoms with Crippen LogP contribution in [0.25, 0.3) is 0 Å². The largest absolute Gasteiger partial charge is 0.300 e. The van der Waals surface area contributed by atoms with Gasteiger partial charge in [-0.05, 0) is 30.5 Å². The second kappa shape index (κ2) is 3.92. The lowest BCUT2D eigenvalue weighted by Gasteiger charge is -2.03. The third-order valence-electron chi connectivity index (χ3n) is 2.47. The number of sulfone groups is 1. The van der Waals surface area contributed by atoms with Gasteiger partial charge in [-0.25, -0.2) is 14.3 Å². The highest BCUT2D eigenvalue weighted by Gasteiger charge is 2.36. The molecule has 0 radical (unpaired) electrons. The summed E-state index contributed by atoms with van der Waals surface area (Å²) in [6, 6.07) is 6.67. The van der Waals surface area contributed by atoms with Crippen LogP contribution in [-0.2, 0) is 21.3 Å². The smallest absolute Gasteiger partial charge is 0.181 e. The first kappa shape index (κ1) is 10.6. The van der Waals surface area contributed by atoms with Gasteiger partial charge in [-0.1, -0.05) is 12.1 Å². The second-order valence-corrected chi connectivity index (χ2v) is 5.93. The van der Waals surface area contributed by atoms with Crippen LogP contribution in [0.1, 0.15) is 18.4 Å². The van der Waals surface area contributed by atoms with E-state index in [2.05, 4.69) is 4.84 Å². The predicted octanol–water partition coefficient (Wildman–Crippen LogP) is 1.01. The molecule has 1 aromatic rings. The lowest BCUT2D eigenvalue weighted by Crippen LogP contribution is -2.07. The highest BCUT2D eigenvalue weighted by atomic mass is 32.2. The summed E-state index contributed by atoms with van der Waals surface area (Å²) in [4.78, 5) is 4.86. The molecule has 0 spiro atoms. The number of hydrogen-bond donors (Lipinski definition) is 1. The van der Waals surface area contributed by atoms with Crippen LogP contribution in [0.5, 0.6) is 0 Å². The fourth-order valence-electron chi connectivity index (χ4n) is 1.44. The molecule has 1 saturated carbocycles. The first-order valence-electron chi connectivity index (χ1n) is 4.79. The van der Waals surface area contributed by atoms with E-state index < -0.39 is 9.84 Å². The Morgan fingerprint density at radius 2 is 1.87 bits per heavy atom. The molecule has 1 aliphatic carbocycles. The third kappa shape index (κ3) is 2.19. The zero-order chi connectivity index (χ0) is 10.9. The maximum atomic E-state index is 11.8. The second-order valence-electron chi connectivity index (χ2n) is 3.70. The molecular formula is C10H13NO3S. The first-order valence-corrected chi connectivity index (χ1v) is 6.34. The van der Waals surface area contributed by atoms with Gasteiger partial charge < -0.3 is 0 Å². The fraction of sp³-hybridized carbons (Fsp3) is 0.400. The molecule has 4 nitrogen and oxygen atoms in total. The molecule has 0 aromatic heterocycles. The van der Waals surface area contributed by atoms with Gasteiger partial charge in [0, 0.05) is 0 Å². The van der Waals surface area contributed by atoms with Gasteiger partial charge in [0.05, 0.1) is 16.8 Å². The predicted molar refractivity (Wildman–Crippen MR) is 55.6 cm³/mol. The van der Waals surface area contributed by atoms with Gasteiger partial charge in [-0.15, -0.1) is 0 Å². The Kier molecular flexibility index (Phi) is 2.77. The number of rotatable bonds is 4. The van der Waals surface area contributed by atoms with Gasteiger partial charge in [0.15, 0.2) is 9.84 Å². The van der Waals surface area contributed by atoms with Crippen molar-refractivity contribution in [3.63, 3.8) is 0 Å². The summed E-state index contributed by atoms with van der Waals surface area (Å²) in [6.07, 6.45) is 1.58. The van der Waals surface area contributed by atoms with Crippen LogP contribution in [0.3, 0.4) is 0 Å². The zero-order valence-corrected chi connectivity index (χ0v) is 9.03. The Morgan fingerprint density at radius 1 is 1.27 bits per heavy atom. The van der Waals surface area contributed by atoms with Crippen LogP contribution < -0.4 is 5.90 Å². The molecule has 0 atom stereocenters. The lowest BCUT2D eigenvalue weighted by atomic mass is 10.2.